The second kappa shape index (κ2) is 6.03. The zero-order chi connectivity index (χ0) is 15.6. The van der Waals surface area contributed by atoms with E-state index in [0.717, 1.165) is 6.42 Å². The van der Waals surface area contributed by atoms with E-state index in [4.69, 9.17) is 5.73 Å². The molecule has 1 aliphatic heterocycles. The Morgan fingerprint density at radius 3 is 2.71 bits per heavy atom. The summed E-state index contributed by atoms with van der Waals surface area (Å²) in [5.41, 5.74) is 6.62. The summed E-state index contributed by atoms with van der Waals surface area (Å²) >= 11 is 0. The highest BCUT2D eigenvalue weighted by Crippen LogP contribution is 2.22. The molecule has 2 rings (SSSR count). The molecule has 1 unspecified atom stereocenters. The highest BCUT2D eigenvalue weighted by Gasteiger charge is 2.26. The van der Waals surface area contributed by atoms with Crippen LogP contribution in [0.5, 0.6) is 0 Å². The fourth-order valence-electron chi connectivity index (χ4n) is 2.63. The van der Waals surface area contributed by atoms with Crippen molar-refractivity contribution in [2.24, 2.45) is 0 Å². The molecular formula is C14H21N3O3S. The number of hydrogen-bond donors (Lipinski definition) is 2. The van der Waals surface area contributed by atoms with Gasteiger partial charge < -0.3 is 10.6 Å². The van der Waals surface area contributed by atoms with Crippen molar-refractivity contribution in [3.05, 3.63) is 23.8 Å². The number of nitrogens with zero attached hydrogens (tertiary/aromatic N) is 1. The predicted octanol–water partition coefficient (Wildman–Crippen LogP) is 0.866. The number of carbonyl (C=O) groups is 1. The SMILES string of the molecule is Cc1cccc(N)c1S(=O)(=O)NC(C)CN1CCCC1=O. The molecule has 1 aliphatic rings. The number of likely N-dealkylation sites (tertiary alicyclic amines) is 1. The summed E-state index contributed by atoms with van der Waals surface area (Å²) in [5.74, 6) is 0.0800. The minimum absolute atomic E-state index is 0.0800. The third-order valence-corrected chi connectivity index (χ3v) is 5.34. The summed E-state index contributed by atoms with van der Waals surface area (Å²) in [6, 6.07) is 4.63. The van der Waals surface area contributed by atoms with Gasteiger partial charge in [-0.25, -0.2) is 13.1 Å². The first kappa shape index (κ1) is 15.8. The van der Waals surface area contributed by atoms with Gasteiger partial charge in [-0.05, 0) is 31.9 Å². The monoisotopic (exact) mass is 311 g/mol. The molecule has 1 aromatic carbocycles. The first-order valence-corrected chi connectivity index (χ1v) is 8.45. The number of benzene rings is 1. The van der Waals surface area contributed by atoms with Gasteiger partial charge in [0.1, 0.15) is 4.90 Å². The van der Waals surface area contributed by atoms with Crippen LogP contribution < -0.4 is 10.5 Å². The van der Waals surface area contributed by atoms with Gasteiger partial charge in [0, 0.05) is 25.6 Å². The Kier molecular flexibility index (Phi) is 4.53. The first-order chi connectivity index (χ1) is 9.81. The van der Waals surface area contributed by atoms with E-state index in [1.54, 1.807) is 36.9 Å². The molecule has 6 nitrogen and oxygen atoms in total. The molecule has 21 heavy (non-hydrogen) atoms. The number of nitrogens with two attached hydrogens (primary N) is 1. The zero-order valence-corrected chi connectivity index (χ0v) is 13.1. The average Bonchev–Trinajstić information content (AvgIpc) is 2.73. The quantitative estimate of drug-likeness (QED) is 0.789. The van der Waals surface area contributed by atoms with E-state index < -0.39 is 10.0 Å². The average molecular weight is 311 g/mol. The zero-order valence-electron chi connectivity index (χ0n) is 12.3. The van der Waals surface area contributed by atoms with E-state index in [-0.39, 0.29) is 22.5 Å². The van der Waals surface area contributed by atoms with Crippen LogP contribution in [-0.2, 0) is 14.8 Å². The second-order valence-electron chi connectivity index (χ2n) is 5.46. The molecular weight excluding hydrogens is 290 g/mol. The van der Waals surface area contributed by atoms with E-state index >= 15 is 0 Å². The molecule has 116 valence electrons. The molecule has 0 aromatic heterocycles. The van der Waals surface area contributed by atoms with E-state index in [1.165, 1.54) is 0 Å². The van der Waals surface area contributed by atoms with E-state index in [9.17, 15) is 13.2 Å². The van der Waals surface area contributed by atoms with Crippen molar-refractivity contribution in [2.45, 2.75) is 37.6 Å². The van der Waals surface area contributed by atoms with Crippen molar-refractivity contribution in [3.63, 3.8) is 0 Å². The van der Waals surface area contributed by atoms with Crippen molar-refractivity contribution in [1.29, 1.82) is 0 Å². The molecule has 1 fully saturated rings. The number of sulfonamides is 1. The fourth-order valence-corrected chi connectivity index (χ4v) is 4.22. The summed E-state index contributed by atoms with van der Waals surface area (Å²) < 4.78 is 27.5. The van der Waals surface area contributed by atoms with Crippen LogP contribution >= 0.6 is 0 Å². The standard InChI is InChI=1S/C14H21N3O3S/c1-10-5-3-6-12(15)14(10)21(19,20)16-11(2)9-17-8-4-7-13(17)18/h3,5-6,11,16H,4,7-9,15H2,1-2H3. The molecule has 0 aliphatic carbocycles. The summed E-state index contributed by atoms with van der Waals surface area (Å²) in [7, 11) is -3.69. The normalized spacial score (nSPS) is 17.2. The molecule has 0 bridgehead atoms. The number of nitrogens with one attached hydrogen (secondary N) is 1. The van der Waals surface area contributed by atoms with Crippen LogP contribution in [0.2, 0.25) is 0 Å². The molecule has 1 amide bonds. The van der Waals surface area contributed by atoms with Crippen molar-refractivity contribution in [2.75, 3.05) is 18.8 Å². The lowest BCUT2D eigenvalue weighted by Gasteiger charge is -2.22. The second-order valence-corrected chi connectivity index (χ2v) is 7.11. The molecule has 1 saturated heterocycles. The summed E-state index contributed by atoms with van der Waals surface area (Å²) in [6.07, 6.45) is 1.38. The van der Waals surface area contributed by atoms with Crippen LogP contribution in [0.4, 0.5) is 5.69 Å². The lowest BCUT2D eigenvalue weighted by atomic mass is 10.2. The third-order valence-electron chi connectivity index (χ3n) is 3.53. The fraction of sp³-hybridized carbons (Fsp3) is 0.500. The van der Waals surface area contributed by atoms with Crippen LogP contribution in [0.25, 0.3) is 0 Å². The van der Waals surface area contributed by atoms with E-state index in [0.29, 0.717) is 25.1 Å². The number of anilines is 1. The van der Waals surface area contributed by atoms with Gasteiger partial charge in [0.25, 0.3) is 0 Å². The van der Waals surface area contributed by atoms with E-state index in [2.05, 4.69) is 4.72 Å². The number of hydrogen-bond acceptors (Lipinski definition) is 4. The van der Waals surface area contributed by atoms with Crippen molar-refractivity contribution < 1.29 is 13.2 Å². The van der Waals surface area contributed by atoms with Gasteiger partial charge in [-0.15, -0.1) is 0 Å². The maximum atomic E-state index is 12.4. The minimum atomic E-state index is -3.69. The third kappa shape index (κ3) is 3.54. The highest BCUT2D eigenvalue weighted by molar-refractivity contribution is 7.89. The minimum Gasteiger partial charge on any atom is -0.398 e. The van der Waals surface area contributed by atoms with Crippen LogP contribution in [-0.4, -0.2) is 38.4 Å². The number of aryl methyl sites for hydroxylation is 1. The van der Waals surface area contributed by atoms with Crippen molar-refractivity contribution in [3.8, 4) is 0 Å². The largest absolute Gasteiger partial charge is 0.398 e. The Hall–Kier alpha value is -1.60. The van der Waals surface area contributed by atoms with Crippen molar-refractivity contribution >= 4 is 21.6 Å². The van der Waals surface area contributed by atoms with Gasteiger partial charge in [0.2, 0.25) is 15.9 Å². The lowest BCUT2D eigenvalue weighted by molar-refractivity contribution is -0.127. The summed E-state index contributed by atoms with van der Waals surface area (Å²) in [4.78, 5) is 13.4. The Labute approximate surface area is 125 Å². The van der Waals surface area contributed by atoms with Crippen LogP contribution in [0, 0.1) is 6.92 Å². The smallest absolute Gasteiger partial charge is 0.243 e. The lowest BCUT2D eigenvalue weighted by Crippen LogP contribution is -2.42. The molecule has 0 saturated carbocycles. The van der Waals surface area contributed by atoms with Gasteiger partial charge in [-0.1, -0.05) is 12.1 Å². The molecule has 7 heteroatoms. The van der Waals surface area contributed by atoms with Gasteiger partial charge in [0.15, 0.2) is 0 Å². The number of nitrogen functional groups attached to an aromatic ring is 1. The molecule has 0 spiro atoms. The number of carbonyl (C=O) groups excluding carboxylic acids is 1. The molecule has 1 atom stereocenters. The Morgan fingerprint density at radius 1 is 1.43 bits per heavy atom. The maximum Gasteiger partial charge on any atom is 0.243 e. The topological polar surface area (TPSA) is 92.5 Å². The van der Waals surface area contributed by atoms with E-state index in [1.807, 2.05) is 0 Å². The summed E-state index contributed by atoms with van der Waals surface area (Å²) in [6.45, 7) is 4.53. The number of amides is 1. The Balaban J connectivity index is 2.12. The van der Waals surface area contributed by atoms with Crippen LogP contribution in [0.15, 0.2) is 23.1 Å². The molecule has 0 radical (unpaired) electrons. The van der Waals surface area contributed by atoms with Crippen molar-refractivity contribution in [1.82, 2.24) is 9.62 Å². The van der Waals surface area contributed by atoms with Gasteiger partial charge in [-0.2, -0.15) is 0 Å². The number of rotatable bonds is 5. The Bertz CT molecular complexity index is 623. The molecule has 3 N–H and O–H groups in total. The van der Waals surface area contributed by atoms with Gasteiger partial charge >= 0.3 is 0 Å². The van der Waals surface area contributed by atoms with Gasteiger partial charge in [-0.3, -0.25) is 4.79 Å². The summed E-state index contributed by atoms with van der Waals surface area (Å²) in [5, 5.41) is 0. The van der Waals surface area contributed by atoms with Crippen LogP contribution in [0.3, 0.4) is 0 Å². The molecule has 1 aromatic rings. The molecule has 1 heterocycles. The predicted molar refractivity (Wildman–Crippen MR) is 81.2 cm³/mol. The highest BCUT2D eigenvalue weighted by atomic mass is 32.2. The van der Waals surface area contributed by atoms with Crippen LogP contribution in [0.1, 0.15) is 25.3 Å². The van der Waals surface area contributed by atoms with Gasteiger partial charge in [0.05, 0.1) is 5.69 Å². The maximum absolute atomic E-state index is 12.4. The Morgan fingerprint density at radius 2 is 2.14 bits per heavy atom. The first-order valence-electron chi connectivity index (χ1n) is 6.96.